The molecule has 0 N–H and O–H groups in total. The Bertz CT molecular complexity index is 705. The smallest absolute Gasteiger partial charge is 0.265 e. The molecule has 6 nitrogen and oxygen atoms in total. The molecule has 1 aromatic heterocycles. The molecule has 2 amide bonds. The molecule has 0 bridgehead atoms. The van der Waals surface area contributed by atoms with E-state index < -0.39 is 0 Å². The van der Waals surface area contributed by atoms with Crippen LogP contribution in [0.15, 0.2) is 6.20 Å². The third-order valence-corrected chi connectivity index (χ3v) is 7.09. The topological polar surface area (TPSA) is 56.8 Å². The number of aromatic nitrogens is 1. The van der Waals surface area contributed by atoms with E-state index in [4.69, 9.17) is 0 Å². The molecule has 25 heavy (non-hydrogen) atoms. The molecule has 0 radical (unpaired) electrons. The molecule has 0 spiro atoms. The molecule has 0 aromatic carbocycles. The summed E-state index contributed by atoms with van der Waals surface area (Å²) < 4.78 is 0. The number of likely N-dealkylation sites (N-methyl/N-ethyl adjacent to an activating group) is 1. The zero-order chi connectivity index (χ0) is 17.8. The monoisotopic (exact) mass is 362 g/mol. The molecule has 7 heteroatoms. The highest BCUT2D eigenvalue weighted by molar-refractivity contribution is 7.13. The number of carbonyl (C=O) groups is 2. The summed E-state index contributed by atoms with van der Waals surface area (Å²) in [7, 11) is 1.91. The van der Waals surface area contributed by atoms with Gasteiger partial charge < -0.3 is 9.80 Å². The standard InChI is InChI=1S/C18H26N4O2S/c1-12-19-7-15(25-12)17(24)22-9-13-8-21(10-18(13,2)11-22)14-5-4-6-20(3)16(14)23/h7,13-14H,4-6,8-11H2,1-3H3/t13-,14?,18+/m1/s1. The van der Waals surface area contributed by atoms with E-state index in [9.17, 15) is 9.59 Å². The Morgan fingerprint density at radius 3 is 2.84 bits per heavy atom. The molecule has 3 saturated heterocycles. The van der Waals surface area contributed by atoms with Gasteiger partial charge in [-0.3, -0.25) is 14.5 Å². The lowest BCUT2D eigenvalue weighted by atomic mass is 9.83. The molecule has 3 aliphatic heterocycles. The van der Waals surface area contributed by atoms with E-state index in [0.717, 1.165) is 55.5 Å². The van der Waals surface area contributed by atoms with Crippen LogP contribution in [0.3, 0.4) is 0 Å². The molecule has 4 rings (SSSR count). The van der Waals surface area contributed by atoms with Gasteiger partial charge in [0.05, 0.1) is 17.2 Å². The van der Waals surface area contributed by atoms with Gasteiger partial charge in [0.25, 0.3) is 5.91 Å². The van der Waals surface area contributed by atoms with Crippen molar-refractivity contribution in [1.82, 2.24) is 19.7 Å². The molecule has 3 fully saturated rings. The van der Waals surface area contributed by atoms with Crippen LogP contribution < -0.4 is 0 Å². The van der Waals surface area contributed by atoms with Gasteiger partial charge in [-0.05, 0) is 25.7 Å². The van der Waals surface area contributed by atoms with Gasteiger partial charge in [-0.25, -0.2) is 4.98 Å². The maximum atomic E-state index is 12.7. The van der Waals surface area contributed by atoms with Crippen molar-refractivity contribution >= 4 is 23.2 Å². The van der Waals surface area contributed by atoms with E-state index in [2.05, 4.69) is 16.8 Å². The van der Waals surface area contributed by atoms with Gasteiger partial charge in [-0.1, -0.05) is 6.92 Å². The summed E-state index contributed by atoms with van der Waals surface area (Å²) >= 11 is 1.47. The predicted octanol–water partition coefficient (Wildman–Crippen LogP) is 1.47. The predicted molar refractivity (Wildman–Crippen MR) is 96.6 cm³/mol. The van der Waals surface area contributed by atoms with Crippen molar-refractivity contribution < 1.29 is 9.59 Å². The quantitative estimate of drug-likeness (QED) is 0.799. The maximum Gasteiger partial charge on any atom is 0.265 e. The van der Waals surface area contributed by atoms with Crippen molar-refractivity contribution in [2.75, 3.05) is 39.8 Å². The Morgan fingerprint density at radius 2 is 2.16 bits per heavy atom. The number of fused-ring (bicyclic) bond motifs is 1. The zero-order valence-corrected chi connectivity index (χ0v) is 16.0. The summed E-state index contributed by atoms with van der Waals surface area (Å²) in [5.74, 6) is 0.828. The van der Waals surface area contributed by atoms with Crippen LogP contribution in [0.5, 0.6) is 0 Å². The molecular formula is C18H26N4O2S. The fourth-order valence-corrected chi connectivity index (χ4v) is 5.49. The van der Waals surface area contributed by atoms with E-state index in [-0.39, 0.29) is 23.3 Å². The molecular weight excluding hydrogens is 336 g/mol. The van der Waals surface area contributed by atoms with E-state index in [1.807, 2.05) is 23.8 Å². The lowest BCUT2D eigenvalue weighted by Crippen LogP contribution is -2.51. The average molecular weight is 362 g/mol. The molecule has 136 valence electrons. The highest BCUT2D eigenvalue weighted by atomic mass is 32.1. The van der Waals surface area contributed by atoms with Gasteiger partial charge in [-0.2, -0.15) is 0 Å². The number of nitrogens with zero attached hydrogens (tertiary/aromatic N) is 4. The van der Waals surface area contributed by atoms with Crippen molar-refractivity contribution in [2.45, 2.75) is 32.7 Å². The number of likely N-dealkylation sites (tertiary alicyclic amines) is 3. The Hall–Kier alpha value is -1.47. The van der Waals surface area contributed by atoms with Crippen molar-refractivity contribution in [2.24, 2.45) is 11.3 Å². The average Bonchev–Trinajstić information content (AvgIpc) is 3.21. The largest absolute Gasteiger partial charge is 0.344 e. The van der Waals surface area contributed by atoms with E-state index >= 15 is 0 Å². The summed E-state index contributed by atoms with van der Waals surface area (Å²) in [6.45, 7) is 8.48. The van der Waals surface area contributed by atoms with Gasteiger partial charge in [0, 0.05) is 45.2 Å². The number of carbonyl (C=O) groups excluding carboxylic acids is 2. The van der Waals surface area contributed by atoms with Crippen LogP contribution >= 0.6 is 11.3 Å². The molecule has 1 aromatic rings. The van der Waals surface area contributed by atoms with E-state index in [1.54, 1.807) is 6.20 Å². The fourth-order valence-electron chi connectivity index (χ4n) is 4.74. The van der Waals surface area contributed by atoms with Crippen LogP contribution in [0, 0.1) is 18.3 Å². The molecule has 4 heterocycles. The second-order valence-electron chi connectivity index (χ2n) is 8.13. The van der Waals surface area contributed by atoms with Crippen molar-refractivity contribution in [3.8, 4) is 0 Å². The van der Waals surface area contributed by atoms with E-state index in [1.165, 1.54) is 11.3 Å². The lowest BCUT2D eigenvalue weighted by Gasteiger charge is -2.36. The maximum absolute atomic E-state index is 12.7. The van der Waals surface area contributed by atoms with Crippen LogP contribution in [-0.4, -0.2) is 77.3 Å². The van der Waals surface area contributed by atoms with Crippen LogP contribution in [0.2, 0.25) is 0 Å². The van der Waals surface area contributed by atoms with Gasteiger partial charge in [-0.15, -0.1) is 11.3 Å². The minimum absolute atomic E-state index is 0.0365. The van der Waals surface area contributed by atoms with Crippen molar-refractivity contribution in [3.63, 3.8) is 0 Å². The number of rotatable bonds is 2. The molecule has 3 aliphatic rings. The number of hydrogen-bond acceptors (Lipinski definition) is 5. The first-order valence-corrected chi connectivity index (χ1v) is 9.90. The van der Waals surface area contributed by atoms with Gasteiger partial charge in [0.15, 0.2) is 0 Å². The highest BCUT2D eigenvalue weighted by Gasteiger charge is 2.52. The summed E-state index contributed by atoms with van der Waals surface area (Å²) in [4.78, 5) is 36.4. The summed E-state index contributed by atoms with van der Waals surface area (Å²) in [5, 5.41) is 0.931. The van der Waals surface area contributed by atoms with Crippen molar-refractivity contribution in [1.29, 1.82) is 0 Å². The number of thiazole rings is 1. The summed E-state index contributed by atoms with van der Waals surface area (Å²) in [6, 6.07) is 0.0365. The van der Waals surface area contributed by atoms with Gasteiger partial charge in [0.2, 0.25) is 5.91 Å². The molecule has 0 aliphatic carbocycles. The normalized spacial score (nSPS) is 33.2. The molecule has 0 saturated carbocycles. The third kappa shape index (κ3) is 2.87. The first-order valence-electron chi connectivity index (χ1n) is 9.08. The minimum atomic E-state index is 0.0365. The zero-order valence-electron chi connectivity index (χ0n) is 15.2. The van der Waals surface area contributed by atoms with Crippen LogP contribution in [0.25, 0.3) is 0 Å². The van der Waals surface area contributed by atoms with Crippen LogP contribution in [-0.2, 0) is 4.79 Å². The first-order chi connectivity index (χ1) is 11.9. The number of amides is 2. The van der Waals surface area contributed by atoms with Crippen molar-refractivity contribution in [3.05, 3.63) is 16.1 Å². The summed E-state index contributed by atoms with van der Waals surface area (Å²) in [5.41, 5.74) is 0.0890. The van der Waals surface area contributed by atoms with Crippen LogP contribution in [0.1, 0.15) is 34.4 Å². The second kappa shape index (κ2) is 6.06. The number of hydrogen-bond donors (Lipinski definition) is 0. The molecule has 3 atom stereocenters. The number of piperidine rings is 1. The van der Waals surface area contributed by atoms with Gasteiger partial charge in [0.1, 0.15) is 4.88 Å². The second-order valence-corrected chi connectivity index (χ2v) is 9.36. The third-order valence-electron chi connectivity index (χ3n) is 6.19. The van der Waals surface area contributed by atoms with Crippen LogP contribution in [0.4, 0.5) is 0 Å². The Morgan fingerprint density at radius 1 is 1.36 bits per heavy atom. The Balaban J connectivity index is 1.44. The fraction of sp³-hybridized carbons (Fsp3) is 0.722. The number of aryl methyl sites for hydroxylation is 1. The Kier molecular flexibility index (Phi) is 4.11. The summed E-state index contributed by atoms with van der Waals surface area (Å²) in [6.07, 6.45) is 3.75. The lowest BCUT2D eigenvalue weighted by molar-refractivity contribution is -0.138. The SMILES string of the molecule is Cc1ncc(C(=O)N2C[C@H]3CN(C4CCCN(C)C4=O)C[C@@]3(C)C2)s1. The van der Waals surface area contributed by atoms with Gasteiger partial charge >= 0.3 is 0 Å². The van der Waals surface area contributed by atoms with E-state index in [0.29, 0.717) is 5.92 Å². The highest BCUT2D eigenvalue weighted by Crippen LogP contribution is 2.44. The first kappa shape index (κ1) is 17.0. The Labute approximate surface area is 152 Å². The molecule has 1 unspecified atom stereocenters. The minimum Gasteiger partial charge on any atom is -0.344 e.